The van der Waals surface area contributed by atoms with Gasteiger partial charge in [-0.25, -0.2) is 0 Å². The molecule has 2 aromatic rings. The van der Waals surface area contributed by atoms with Gasteiger partial charge in [0.05, 0.1) is 24.9 Å². The van der Waals surface area contributed by atoms with Crippen LogP contribution in [0.4, 0.5) is 0 Å². The maximum atomic E-state index is 13.0. The van der Waals surface area contributed by atoms with Crippen LogP contribution in [0.25, 0.3) is 0 Å². The van der Waals surface area contributed by atoms with Gasteiger partial charge in [0.1, 0.15) is 5.75 Å². The summed E-state index contributed by atoms with van der Waals surface area (Å²) in [6.45, 7) is 5.89. The smallest absolute Gasteiger partial charge is 0.261 e. The first-order chi connectivity index (χ1) is 13.3. The fraction of sp³-hybridized carbons (Fsp3) is 0.524. The highest BCUT2D eigenvalue weighted by molar-refractivity contribution is 5.78. The molecule has 1 fully saturated rings. The molecule has 1 amide bonds. The van der Waals surface area contributed by atoms with Gasteiger partial charge in [-0.2, -0.15) is 5.10 Å². The van der Waals surface area contributed by atoms with Gasteiger partial charge in [0.15, 0.2) is 6.61 Å². The van der Waals surface area contributed by atoms with E-state index in [1.165, 1.54) is 5.56 Å². The summed E-state index contributed by atoms with van der Waals surface area (Å²) in [4.78, 5) is 17.0. The Labute approximate surface area is 166 Å². The van der Waals surface area contributed by atoms with Crippen molar-refractivity contribution in [1.29, 1.82) is 0 Å². The van der Waals surface area contributed by atoms with E-state index < -0.39 is 0 Å². The first kappa shape index (κ1) is 20.4. The van der Waals surface area contributed by atoms with E-state index in [4.69, 9.17) is 9.47 Å². The van der Waals surface area contributed by atoms with Crippen LogP contribution in [0.5, 0.6) is 5.75 Å². The second-order valence-corrected chi connectivity index (χ2v) is 7.69. The Bertz CT molecular complexity index is 818. The SMILES string of the molecule is Cc1ccc(OCC(=O)N2CCO[C@@H](CN(C)C)[C@@H]2c2cnn(C)c2)cc1C. The minimum absolute atomic E-state index is 0.00788. The Balaban J connectivity index is 1.76. The molecule has 0 radical (unpaired) electrons. The third-order valence-electron chi connectivity index (χ3n) is 5.12. The van der Waals surface area contributed by atoms with Crippen molar-refractivity contribution in [2.24, 2.45) is 7.05 Å². The molecule has 0 N–H and O–H groups in total. The summed E-state index contributed by atoms with van der Waals surface area (Å²) in [7, 11) is 5.89. The lowest BCUT2D eigenvalue weighted by molar-refractivity contribution is -0.150. The average Bonchev–Trinajstić information content (AvgIpc) is 3.07. The summed E-state index contributed by atoms with van der Waals surface area (Å²) in [6, 6.07) is 5.70. The average molecular weight is 386 g/mol. The number of likely N-dealkylation sites (N-methyl/N-ethyl adjacent to an activating group) is 1. The van der Waals surface area contributed by atoms with Gasteiger partial charge in [-0.05, 0) is 51.2 Å². The van der Waals surface area contributed by atoms with Crippen LogP contribution in [0, 0.1) is 13.8 Å². The number of hydrogen-bond acceptors (Lipinski definition) is 5. The fourth-order valence-electron chi connectivity index (χ4n) is 3.54. The molecule has 3 rings (SSSR count). The minimum Gasteiger partial charge on any atom is -0.484 e. The molecule has 0 bridgehead atoms. The molecule has 0 unspecified atom stereocenters. The second kappa shape index (κ2) is 8.75. The molecule has 0 aliphatic carbocycles. The Morgan fingerprint density at radius 3 is 2.75 bits per heavy atom. The zero-order valence-electron chi connectivity index (χ0n) is 17.4. The molecule has 1 aliphatic heterocycles. The number of carbonyl (C=O) groups excluding carboxylic acids is 1. The molecule has 1 aromatic carbocycles. The zero-order chi connectivity index (χ0) is 20.3. The van der Waals surface area contributed by atoms with Gasteiger partial charge in [-0.3, -0.25) is 9.48 Å². The molecule has 2 heterocycles. The van der Waals surface area contributed by atoms with Gasteiger partial charge in [-0.1, -0.05) is 6.07 Å². The van der Waals surface area contributed by atoms with E-state index >= 15 is 0 Å². The molecule has 1 aromatic heterocycles. The molecule has 1 aliphatic rings. The summed E-state index contributed by atoms with van der Waals surface area (Å²) in [5.74, 6) is 0.673. The van der Waals surface area contributed by atoms with E-state index in [1.54, 1.807) is 4.68 Å². The van der Waals surface area contributed by atoms with Crippen LogP contribution >= 0.6 is 0 Å². The number of hydrogen-bond donors (Lipinski definition) is 0. The number of morpholine rings is 1. The summed E-state index contributed by atoms with van der Waals surface area (Å²) >= 11 is 0. The van der Waals surface area contributed by atoms with Crippen molar-refractivity contribution < 1.29 is 14.3 Å². The highest BCUT2D eigenvalue weighted by atomic mass is 16.5. The number of amides is 1. The Morgan fingerprint density at radius 2 is 2.11 bits per heavy atom. The Kier molecular flexibility index (Phi) is 6.36. The maximum Gasteiger partial charge on any atom is 0.261 e. The lowest BCUT2D eigenvalue weighted by Crippen LogP contribution is -2.52. The van der Waals surface area contributed by atoms with Crippen LogP contribution in [0.2, 0.25) is 0 Å². The Hall–Kier alpha value is -2.38. The predicted molar refractivity (Wildman–Crippen MR) is 107 cm³/mol. The summed E-state index contributed by atoms with van der Waals surface area (Å²) in [5, 5.41) is 4.29. The molecule has 7 heteroatoms. The van der Waals surface area contributed by atoms with Crippen molar-refractivity contribution in [2.75, 3.05) is 40.4 Å². The van der Waals surface area contributed by atoms with Crippen molar-refractivity contribution >= 4 is 5.91 Å². The molecule has 7 nitrogen and oxygen atoms in total. The topological polar surface area (TPSA) is 59.8 Å². The number of aromatic nitrogens is 2. The monoisotopic (exact) mass is 386 g/mol. The molecule has 2 atom stereocenters. The quantitative estimate of drug-likeness (QED) is 0.759. The van der Waals surface area contributed by atoms with Gasteiger partial charge in [-0.15, -0.1) is 0 Å². The molecule has 1 saturated heterocycles. The molecule has 0 saturated carbocycles. The van der Waals surface area contributed by atoms with Crippen molar-refractivity contribution in [3.63, 3.8) is 0 Å². The lowest BCUT2D eigenvalue weighted by atomic mass is 10.0. The fourth-order valence-corrected chi connectivity index (χ4v) is 3.54. The van der Waals surface area contributed by atoms with Gasteiger partial charge in [0, 0.05) is 31.9 Å². The summed E-state index contributed by atoms with van der Waals surface area (Å²) in [6.07, 6.45) is 3.65. The number of rotatable bonds is 6. The van der Waals surface area contributed by atoms with Crippen molar-refractivity contribution in [2.45, 2.75) is 26.0 Å². The number of aryl methyl sites for hydroxylation is 3. The molecule has 28 heavy (non-hydrogen) atoms. The van der Waals surface area contributed by atoms with E-state index in [2.05, 4.69) is 16.9 Å². The van der Waals surface area contributed by atoms with Crippen LogP contribution < -0.4 is 4.74 Å². The van der Waals surface area contributed by atoms with E-state index in [0.29, 0.717) is 18.9 Å². The summed E-state index contributed by atoms with van der Waals surface area (Å²) < 4.78 is 13.6. The zero-order valence-corrected chi connectivity index (χ0v) is 17.4. The molecule has 152 valence electrons. The van der Waals surface area contributed by atoms with E-state index in [9.17, 15) is 4.79 Å². The highest BCUT2D eigenvalue weighted by Crippen LogP contribution is 2.30. The lowest BCUT2D eigenvalue weighted by Gasteiger charge is -2.41. The third kappa shape index (κ3) is 4.72. The van der Waals surface area contributed by atoms with E-state index in [0.717, 1.165) is 17.7 Å². The van der Waals surface area contributed by atoms with E-state index in [-0.39, 0.29) is 24.7 Å². The predicted octanol–water partition coefficient (Wildman–Crippen LogP) is 1.95. The second-order valence-electron chi connectivity index (χ2n) is 7.69. The van der Waals surface area contributed by atoms with Crippen molar-refractivity contribution in [3.05, 3.63) is 47.3 Å². The number of benzene rings is 1. The number of carbonyl (C=O) groups is 1. The van der Waals surface area contributed by atoms with Crippen LogP contribution in [-0.2, 0) is 16.6 Å². The highest BCUT2D eigenvalue weighted by Gasteiger charge is 2.37. The third-order valence-corrected chi connectivity index (χ3v) is 5.12. The molecular weight excluding hydrogens is 356 g/mol. The number of ether oxygens (including phenoxy) is 2. The molecule has 0 spiro atoms. The van der Waals surface area contributed by atoms with Gasteiger partial charge < -0.3 is 19.3 Å². The van der Waals surface area contributed by atoms with Gasteiger partial charge in [0.2, 0.25) is 0 Å². The minimum atomic E-state index is -0.180. The van der Waals surface area contributed by atoms with Crippen LogP contribution in [0.15, 0.2) is 30.6 Å². The van der Waals surface area contributed by atoms with Crippen LogP contribution in [0.3, 0.4) is 0 Å². The van der Waals surface area contributed by atoms with Crippen LogP contribution in [-0.4, -0.2) is 72.0 Å². The first-order valence-electron chi connectivity index (χ1n) is 9.59. The maximum absolute atomic E-state index is 13.0. The summed E-state index contributed by atoms with van der Waals surface area (Å²) in [5.41, 5.74) is 3.33. The Morgan fingerprint density at radius 1 is 1.32 bits per heavy atom. The molecular formula is C21H30N4O3. The van der Waals surface area contributed by atoms with Crippen molar-refractivity contribution in [1.82, 2.24) is 19.6 Å². The van der Waals surface area contributed by atoms with Gasteiger partial charge >= 0.3 is 0 Å². The van der Waals surface area contributed by atoms with Crippen molar-refractivity contribution in [3.8, 4) is 5.75 Å². The van der Waals surface area contributed by atoms with E-state index in [1.807, 2.05) is 63.6 Å². The normalized spacial score (nSPS) is 19.9. The standard InChI is InChI=1S/C21H30N4O3/c1-15-6-7-18(10-16(15)2)28-14-20(26)25-8-9-27-19(13-23(3)4)21(25)17-11-22-24(5)12-17/h6-7,10-12,19,21H,8-9,13-14H2,1-5H3/t19-,21-/m0/s1. The number of nitrogens with zero attached hydrogens (tertiary/aromatic N) is 4. The first-order valence-corrected chi connectivity index (χ1v) is 9.59. The van der Waals surface area contributed by atoms with Gasteiger partial charge in [0.25, 0.3) is 5.91 Å². The largest absolute Gasteiger partial charge is 0.484 e. The van der Waals surface area contributed by atoms with Crippen LogP contribution in [0.1, 0.15) is 22.7 Å².